The number of rotatable bonds is 2. The molecule has 0 fully saturated rings. The van der Waals surface area contributed by atoms with Crippen molar-refractivity contribution in [1.82, 2.24) is 0 Å². The Morgan fingerprint density at radius 1 is 1.67 bits per heavy atom. The number of halogens is 2. The van der Waals surface area contributed by atoms with Crippen molar-refractivity contribution in [3.05, 3.63) is 28.0 Å². The molecule has 0 aromatic heterocycles. The van der Waals surface area contributed by atoms with Crippen LogP contribution >= 0.6 is 15.9 Å². The average Bonchev–Trinajstić information content (AvgIpc) is 2.24. The standard InChI is InChI=1S/C9H9BrFNO3/c1-15-9(14)7(12)4-2-3-5(10)6(11)8(4)13/h2-3,7,13H,12H2,1H3/t7-/m1/s1. The Morgan fingerprint density at radius 2 is 2.27 bits per heavy atom. The fourth-order valence-corrected chi connectivity index (χ4v) is 1.38. The number of phenolic OH excluding ortho intramolecular Hbond substituents is 1. The van der Waals surface area contributed by atoms with Gasteiger partial charge in [0.2, 0.25) is 0 Å². The number of phenols is 1. The van der Waals surface area contributed by atoms with Crippen LogP contribution in [0.3, 0.4) is 0 Å². The van der Waals surface area contributed by atoms with E-state index >= 15 is 0 Å². The van der Waals surface area contributed by atoms with Gasteiger partial charge in [0.15, 0.2) is 11.6 Å². The first-order valence-electron chi connectivity index (χ1n) is 3.99. The molecule has 0 radical (unpaired) electrons. The van der Waals surface area contributed by atoms with Crippen LogP contribution in [0, 0.1) is 5.82 Å². The molecule has 0 aliphatic rings. The van der Waals surface area contributed by atoms with Gasteiger partial charge in [0, 0.05) is 5.56 Å². The summed E-state index contributed by atoms with van der Waals surface area (Å²) in [5, 5.41) is 9.40. The maximum atomic E-state index is 13.2. The van der Waals surface area contributed by atoms with Gasteiger partial charge < -0.3 is 15.6 Å². The van der Waals surface area contributed by atoms with Crippen LogP contribution in [0.1, 0.15) is 11.6 Å². The largest absolute Gasteiger partial charge is 0.505 e. The Balaban J connectivity index is 3.16. The van der Waals surface area contributed by atoms with Crippen molar-refractivity contribution < 1.29 is 19.0 Å². The molecule has 1 aromatic carbocycles. The number of carbonyl (C=O) groups is 1. The van der Waals surface area contributed by atoms with Crippen LogP contribution in [0.25, 0.3) is 0 Å². The van der Waals surface area contributed by atoms with Crippen molar-refractivity contribution in [2.45, 2.75) is 6.04 Å². The Morgan fingerprint density at radius 3 is 2.80 bits per heavy atom. The summed E-state index contributed by atoms with van der Waals surface area (Å²) in [5.74, 6) is -2.25. The Hall–Kier alpha value is -1.14. The number of hydrogen-bond donors (Lipinski definition) is 2. The van der Waals surface area contributed by atoms with E-state index < -0.39 is 23.6 Å². The third-order valence-electron chi connectivity index (χ3n) is 1.89. The quantitative estimate of drug-likeness (QED) is 0.803. The highest BCUT2D eigenvalue weighted by molar-refractivity contribution is 9.10. The lowest BCUT2D eigenvalue weighted by Crippen LogP contribution is -2.22. The highest BCUT2D eigenvalue weighted by Gasteiger charge is 2.22. The van der Waals surface area contributed by atoms with Gasteiger partial charge in [-0.05, 0) is 22.0 Å². The zero-order valence-corrected chi connectivity index (χ0v) is 9.42. The molecule has 4 nitrogen and oxygen atoms in total. The molecule has 0 spiro atoms. The van der Waals surface area contributed by atoms with E-state index in [4.69, 9.17) is 5.73 Å². The molecule has 0 unspecified atom stereocenters. The van der Waals surface area contributed by atoms with Crippen LogP contribution in [0.5, 0.6) is 5.75 Å². The van der Waals surface area contributed by atoms with Crippen molar-refractivity contribution in [3.63, 3.8) is 0 Å². The molecular formula is C9H9BrFNO3. The molecule has 0 amide bonds. The monoisotopic (exact) mass is 277 g/mol. The highest BCUT2D eigenvalue weighted by Crippen LogP contribution is 2.31. The van der Waals surface area contributed by atoms with E-state index in [9.17, 15) is 14.3 Å². The smallest absolute Gasteiger partial charge is 0.327 e. The van der Waals surface area contributed by atoms with E-state index in [0.717, 1.165) is 7.11 Å². The topological polar surface area (TPSA) is 72.5 Å². The molecule has 15 heavy (non-hydrogen) atoms. The number of carbonyl (C=O) groups excluding carboxylic acids is 1. The number of nitrogens with two attached hydrogens (primary N) is 1. The second-order valence-electron chi connectivity index (χ2n) is 2.80. The number of hydrogen-bond acceptors (Lipinski definition) is 4. The molecule has 0 saturated carbocycles. The van der Waals surface area contributed by atoms with Crippen molar-refractivity contribution in [2.75, 3.05) is 7.11 Å². The zero-order valence-electron chi connectivity index (χ0n) is 7.83. The van der Waals surface area contributed by atoms with Crippen LogP contribution in [0.4, 0.5) is 4.39 Å². The summed E-state index contributed by atoms with van der Waals surface area (Å²) in [6, 6.07) is 1.51. The van der Waals surface area contributed by atoms with Gasteiger partial charge in [-0.3, -0.25) is 4.79 Å². The molecule has 0 aliphatic carbocycles. The van der Waals surface area contributed by atoms with E-state index in [1.807, 2.05) is 0 Å². The van der Waals surface area contributed by atoms with Crippen molar-refractivity contribution >= 4 is 21.9 Å². The third-order valence-corrected chi connectivity index (χ3v) is 2.50. The van der Waals surface area contributed by atoms with E-state index in [-0.39, 0.29) is 10.0 Å². The minimum atomic E-state index is -1.20. The number of benzene rings is 1. The highest BCUT2D eigenvalue weighted by atomic mass is 79.9. The summed E-state index contributed by atoms with van der Waals surface area (Å²) in [6.45, 7) is 0. The molecule has 82 valence electrons. The summed E-state index contributed by atoms with van der Waals surface area (Å²) in [4.78, 5) is 11.1. The molecule has 0 heterocycles. The molecule has 0 saturated heterocycles. The van der Waals surface area contributed by atoms with E-state index in [1.54, 1.807) is 0 Å². The number of aromatic hydroxyl groups is 1. The fourth-order valence-electron chi connectivity index (χ4n) is 1.06. The van der Waals surface area contributed by atoms with Crippen molar-refractivity contribution in [2.24, 2.45) is 5.73 Å². The number of methoxy groups -OCH3 is 1. The van der Waals surface area contributed by atoms with Gasteiger partial charge in [0.25, 0.3) is 0 Å². The summed E-state index contributed by atoms with van der Waals surface area (Å²) in [6.07, 6.45) is 0. The molecule has 0 bridgehead atoms. The first kappa shape index (κ1) is 11.9. The first-order valence-corrected chi connectivity index (χ1v) is 4.78. The number of ether oxygens (including phenoxy) is 1. The van der Waals surface area contributed by atoms with Crippen LogP contribution in [0.2, 0.25) is 0 Å². The molecular weight excluding hydrogens is 269 g/mol. The van der Waals surface area contributed by atoms with E-state index in [0.29, 0.717) is 0 Å². The molecule has 3 N–H and O–H groups in total. The first-order chi connectivity index (χ1) is 6.99. The maximum absolute atomic E-state index is 13.2. The molecule has 1 aromatic rings. The molecule has 6 heteroatoms. The minimum Gasteiger partial charge on any atom is -0.505 e. The summed E-state index contributed by atoms with van der Waals surface area (Å²) >= 11 is 2.89. The van der Waals surface area contributed by atoms with Gasteiger partial charge in [0.05, 0.1) is 11.6 Å². The maximum Gasteiger partial charge on any atom is 0.327 e. The normalized spacial score (nSPS) is 12.3. The SMILES string of the molecule is COC(=O)[C@H](N)c1ccc(Br)c(F)c1O. The van der Waals surface area contributed by atoms with Crippen LogP contribution in [-0.2, 0) is 9.53 Å². The number of esters is 1. The predicted octanol–water partition coefficient (Wildman–Crippen LogP) is 1.47. The lowest BCUT2D eigenvalue weighted by molar-refractivity contribution is -0.142. The zero-order chi connectivity index (χ0) is 11.6. The van der Waals surface area contributed by atoms with Crippen LogP contribution in [0.15, 0.2) is 16.6 Å². The van der Waals surface area contributed by atoms with E-state index in [1.165, 1.54) is 12.1 Å². The van der Waals surface area contributed by atoms with Crippen LogP contribution in [-0.4, -0.2) is 18.2 Å². The Bertz CT molecular complexity index is 397. The molecule has 1 atom stereocenters. The lowest BCUT2D eigenvalue weighted by atomic mass is 10.1. The third kappa shape index (κ3) is 2.27. The van der Waals surface area contributed by atoms with Crippen molar-refractivity contribution in [3.8, 4) is 5.75 Å². The van der Waals surface area contributed by atoms with Gasteiger partial charge in [-0.2, -0.15) is 0 Å². The Labute approximate surface area is 94.0 Å². The van der Waals surface area contributed by atoms with Gasteiger partial charge in [-0.15, -0.1) is 0 Å². The summed E-state index contributed by atoms with van der Waals surface area (Å²) in [5.41, 5.74) is 5.44. The second kappa shape index (κ2) is 4.59. The minimum absolute atomic E-state index is 0.0115. The predicted molar refractivity (Wildman–Crippen MR) is 54.7 cm³/mol. The molecule has 0 aliphatic heterocycles. The Kier molecular flexibility index (Phi) is 3.65. The molecule has 1 rings (SSSR count). The fraction of sp³-hybridized carbons (Fsp3) is 0.222. The average molecular weight is 278 g/mol. The van der Waals surface area contributed by atoms with Gasteiger partial charge in [-0.1, -0.05) is 6.07 Å². The van der Waals surface area contributed by atoms with Crippen LogP contribution < -0.4 is 5.73 Å². The van der Waals surface area contributed by atoms with Crippen molar-refractivity contribution in [1.29, 1.82) is 0 Å². The van der Waals surface area contributed by atoms with E-state index in [2.05, 4.69) is 20.7 Å². The lowest BCUT2D eigenvalue weighted by Gasteiger charge is -2.12. The second-order valence-corrected chi connectivity index (χ2v) is 3.65. The van der Waals surface area contributed by atoms with Gasteiger partial charge >= 0.3 is 5.97 Å². The summed E-state index contributed by atoms with van der Waals surface area (Å²) in [7, 11) is 1.16. The summed E-state index contributed by atoms with van der Waals surface area (Å²) < 4.78 is 17.7. The van der Waals surface area contributed by atoms with Gasteiger partial charge in [-0.25, -0.2) is 4.39 Å². The van der Waals surface area contributed by atoms with Gasteiger partial charge in [0.1, 0.15) is 6.04 Å².